The van der Waals surface area contributed by atoms with Crippen molar-refractivity contribution in [1.82, 2.24) is 5.32 Å². The van der Waals surface area contributed by atoms with Crippen LogP contribution in [0.5, 0.6) is 0 Å². The van der Waals surface area contributed by atoms with E-state index in [1.165, 1.54) is 0 Å². The Labute approximate surface area is 133 Å². The fourth-order valence-electron chi connectivity index (χ4n) is 2.08. The smallest absolute Gasteiger partial charge is 0.253 e. The van der Waals surface area contributed by atoms with Crippen LogP contribution in [-0.4, -0.2) is 32.5 Å². The first kappa shape index (κ1) is 18.0. The summed E-state index contributed by atoms with van der Waals surface area (Å²) in [6.07, 6.45) is 3.24. The van der Waals surface area contributed by atoms with Gasteiger partial charge in [-0.2, -0.15) is 0 Å². The number of hydrogen-bond acceptors (Lipinski definition) is 3. The van der Waals surface area contributed by atoms with Gasteiger partial charge in [0.2, 0.25) is 5.91 Å². The van der Waals surface area contributed by atoms with Crippen LogP contribution in [-0.2, 0) is 4.79 Å². The van der Waals surface area contributed by atoms with E-state index in [0.29, 0.717) is 24.2 Å². The molecular formula is C17H27N3O2. The second-order valence-electron chi connectivity index (χ2n) is 5.53. The number of rotatable bonds is 8. The minimum Gasteiger partial charge on any atom is -0.377 e. The molecule has 5 heteroatoms. The number of carbonyl (C=O) groups excluding carboxylic acids is 2. The van der Waals surface area contributed by atoms with Crippen molar-refractivity contribution < 1.29 is 9.59 Å². The van der Waals surface area contributed by atoms with Crippen molar-refractivity contribution in [3.63, 3.8) is 0 Å². The number of hydrogen-bond donors (Lipinski definition) is 2. The van der Waals surface area contributed by atoms with Gasteiger partial charge in [0.25, 0.3) is 5.91 Å². The summed E-state index contributed by atoms with van der Waals surface area (Å²) >= 11 is 0. The van der Waals surface area contributed by atoms with E-state index in [1.54, 1.807) is 6.07 Å². The molecule has 1 aromatic rings. The molecule has 0 heterocycles. The predicted molar refractivity (Wildman–Crippen MR) is 91.5 cm³/mol. The Kier molecular flexibility index (Phi) is 7.43. The Morgan fingerprint density at radius 1 is 1.14 bits per heavy atom. The summed E-state index contributed by atoms with van der Waals surface area (Å²) in [6.45, 7) is 4.70. The van der Waals surface area contributed by atoms with Crippen LogP contribution in [0.15, 0.2) is 18.2 Å². The van der Waals surface area contributed by atoms with E-state index >= 15 is 0 Å². The maximum absolute atomic E-state index is 12.3. The molecule has 1 aromatic carbocycles. The molecule has 22 heavy (non-hydrogen) atoms. The Morgan fingerprint density at radius 2 is 1.86 bits per heavy atom. The van der Waals surface area contributed by atoms with Crippen LogP contribution < -0.4 is 15.5 Å². The number of nitrogens with zero attached hydrogens (tertiary/aromatic N) is 1. The third-order valence-electron chi connectivity index (χ3n) is 3.30. The van der Waals surface area contributed by atoms with E-state index in [2.05, 4.69) is 17.6 Å². The van der Waals surface area contributed by atoms with Gasteiger partial charge in [-0.05, 0) is 31.0 Å². The van der Waals surface area contributed by atoms with Gasteiger partial charge in [-0.3, -0.25) is 9.59 Å². The van der Waals surface area contributed by atoms with Crippen molar-refractivity contribution >= 4 is 23.2 Å². The number of benzene rings is 1. The molecule has 0 aliphatic carbocycles. The number of amides is 2. The van der Waals surface area contributed by atoms with Crippen molar-refractivity contribution in [1.29, 1.82) is 0 Å². The average molecular weight is 305 g/mol. The molecule has 0 spiro atoms. The predicted octanol–water partition coefficient (Wildman–Crippen LogP) is 3.02. The van der Waals surface area contributed by atoms with Crippen LogP contribution in [0.25, 0.3) is 0 Å². The van der Waals surface area contributed by atoms with E-state index in [1.807, 2.05) is 38.1 Å². The number of unbranched alkanes of at least 4 members (excludes halogenated alkanes) is 1. The Balaban J connectivity index is 2.93. The van der Waals surface area contributed by atoms with Gasteiger partial charge in [-0.25, -0.2) is 0 Å². The fourth-order valence-corrected chi connectivity index (χ4v) is 2.08. The Hall–Kier alpha value is -2.04. The molecule has 0 saturated carbocycles. The molecule has 0 radical (unpaired) electrons. The van der Waals surface area contributed by atoms with E-state index < -0.39 is 0 Å². The number of carbonyl (C=O) groups is 2. The standard InChI is InChI=1S/C17H27N3O2/c1-5-7-8-16(21)19-13-9-10-15(20(3)4)14(12-13)17(22)18-11-6-2/h9-10,12H,5-8,11H2,1-4H3,(H,18,22)(H,19,21). The Morgan fingerprint density at radius 3 is 2.45 bits per heavy atom. The highest BCUT2D eigenvalue weighted by Gasteiger charge is 2.14. The largest absolute Gasteiger partial charge is 0.377 e. The van der Waals surface area contributed by atoms with Gasteiger partial charge in [0, 0.05) is 38.4 Å². The van der Waals surface area contributed by atoms with Gasteiger partial charge in [-0.15, -0.1) is 0 Å². The lowest BCUT2D eigenvalue weighted by Gasteiger charge is -2.18. The molecule has 0 unspecified atom stereocenters. The normalized spacial score (nSPS) is 10.2. The van der Waals surface area contributed by atoms with Crippen molar-refractivity contribution in [2.75, 3.05) is 30.9 Å². The molecule has 122 valence electrons. The third-order valence-corrected chi connectivity index (χ3v) is 3.30. The fraction of sp³-hybridized carbons (Fsp3) is 0.529. The lowest BCUT2D eigenvalue weighted by molar-refractivity contribution is -0.116. The van der Waals surface area contributed by atoms with Gasteiger partial charge < -0.3 is 15.5 Å². The quantitative estimate of drug-likeness (QED) is 0.776. The SMILES string of the molecule is CCCCC(=O)Nc1ccc(N(C)C)c(C(=O)NCCC)c1. The highest BCUT2D eigenvalue weighted by atomic mass is 16.2. The lowest BCUT2D eigenvalue weighted by atomic mass is 10.1. The highest BCUT2D eigenvalue weighted by molar-refractivity contribution is 6.02. The van der Waals surface area contributed by atoms with Crippen LogP contribution in [0.1, 0.15) is 49.9 Å². The molecular weight excluding hydrogens is 278 g/mol. The summed E-state index contributed by atoms with van der Waals surface area (Å²) in [6, 6.07) is 5.43. The van der Waals surface area contributed by atoms with Crippen LogP contribution in [0.3, 0.4) is 0 Å². The second kappa shape index (κ2) is 9.07. The first-order valence-electron chi connectivity index (χ1n) is 7.89. The van der Waals surface area contributed by atoms with Gasteiger partial charge in [0.05, 0.1) is 5.56 Å². The zero-order chi connectivity index (χ0) is 16.5. The lowest BCUT2D eigenvalue weighted by Crippen LogP contribution is -2.26. The van der Waals surface area contributed by atoms with Crippen LogP contribution in [0.2, 0.25) is 0 Å². The van der Waals surface area contributed by atoms with Gasteiger partial charge in [0.15, 0.2) is 0 Å². The monoisotopic (exact) mass is 305 g/mol. The molecule has 0 saturated heterocycles. The molecule has 1 rings (SSSR count). The van der Waals surface area contributed by atoms with Crippen LogP contribution in [0, 0.1) is 0 Å². The minimum atomic E-state index is -0.116. The zero-order valence-electron chi connectivity index (χ0n) is 14.0. The maximum Gasteiger partial charge on any atom is 0.253 e. The number of nitrogens with one attached hydrogen (secondary N) is 2. The summed E-state index contributed by atoms with van der Waals surface area (Å²) in [5, 5.41) is 5.74. The Bertz CT molecular complexity index is 513. The molecule has 0 aliphatic rings. The zero-order valence-corrected chi connectivity index (χ0v) is 14.0. The van der Waals surface area contributed by atoms with Gasteiger partial charge in [0.1, 0.15) is 0 Å². The summed E-state index contributed by atoms with van der Waals surface area (Å²) in [5.74, 6) is -0.130. The first-order chi connectivity index (χ1) is 10.5. The third kappa shape index (κ3) is 5.39. The molecule has 5 nitrogen and oxygen atoms in total. The van der Waals surface area contributed by atoms with Crippen molar-refractivity contribution in [2.24, 2.45) is 0 Å². The summed E-state index contributed by atoms with van der Waals surface area (Å²) in [7, 11) is 3.79. The summed E-state index contributed by atoms with van der Waals surface area (Å²) in [5.41, 5.74) is 2.07. The molecule has 0 aromatic heterocycles. The second-order valence-corrected chi connectivity index (χ2v) is 5.53. The van der Waals surface area contributed by atoms with Gasteiger partial charge >= 0.3 is 0 Å². The molecule has 2 amide bonds. The molecule has 0 bridgehead atoms. The first-order valence-corrected chi connectivity index (χ1v) is 7.89. The molecule has 2 N–H and O–H groups in total. The maximum atomic E-state index is 12.3. The van der Waals surface area contributed by atoms with E-state index in [9.17, 15) is 9.59 Å². The van der Waals surface area contributed by atoms with E-state index in [0.717, 1.165) is 24.9 Å². The number of anilines is 2. The minimum absolute atomic E-state index is 0.0145. The molecule has 0 aliphatic heterocycles. The van der Waals surface area contributed by atoms with E-state index in [-0.39, 0.29) is 11.8 Å². The molecule has 0 fully saturated rings. The van der Waals surface area contributed by atoms with Crippen molar-refractivity contribution in [3.05, 3.63) is 23.8 Å². The van der Waals surface area contributed by atoms with Crippen molar-refractivity contribution in [3.8, 4) is 0 Å². The average Bonchev–Trinajstić information content (AvgIpc) is 2.50. The van der Waals surface area contributed by atoms with Gasteiger partial charge in [-0.1, -0.05) is 20.3 Å². The summed E-state index contributed by atoms with van der Waals surface area (Å²) < 4.78 is 0. The van der Waals surface area contributed by atoms with Crippen LogP contribution in [0.4, 0.5) is 11.4 Å². The highest BCUT2D eigenvalue weighted by Crippen LogP contribution is 2.23. The van der Waals surface area contributed by atoms with E-state index in [4.69, 9.17) is 0 Å². The summed E-state index contributed by atoms with van der Waals surface area (Å²) in [4.78, 5) is 26.0. The van der Waals surface area contributed by atoms with Crippen LogP contribution >= 0.6 is 0 Å². The topological polar surface area (TPSA) is 61.4 Å². The molecule has 0 atom stereocenters. The van der Waals surface area contributed by atoms with Crippen molar-refractivity contribution in [2.45, 2.75) is 39.5 Å².